The summed E-state index contributed by atoms with van der Waals surface area (Å²) in [6.45, 7) is 4.37. The Morgan fingerprint density at radius 1 is 1.24 bits per heavy atom. The van der Waals surface area contributed by atoms with E-state index in [1.54, 1.807) is 0 Å². The highest BCUT2D eigenvalue weighted by atomic mass is 35.5. The zero-order chi connectivity index (χ0) is 15.2. The summed E-state index contributed by atoms with van der Waals surface area (Å²) in [6.07, 6.45) is 4.93. The van der Waals surface area contributed by atoms with Gasteiger partial charge in [0.1, 0.15) is 0 Å². The zero-order valence-corrected chi connectivity index (χ0v) is 13.3. The normalized spacial score (nSPS) is 12.8. The van der Waals surface area contributed by atoms with E-state index in [1.807, 2.05) is 30.5 Å². The summed E-state index contributed by atoms with van der Waals surface area (Å²) in [5.74, 6) is 5.70. The number of nitrogens with zero attached hydrogens (tertiary/aromatic N) is 2. The molecule has 0 fully saturated rings. The maximum Gasteiger partial charge on any atom is 0.0644 e. The molecule has 0 saturated carbocycles. The Balaban J connectivity index is 2.14. The molecule has 0 aliphatic heterocycles. The van der Waals surface area contributed by atoms with Gasteiger partial charge in [0.15, 0.2) is 0 Å². The molecular formula is C16H23ClN4. The van der Waals surface area contributed by atoms with E-state index in [0.29, 0.717) is 12.5 Å². The van der Waals surface area contributed by atoms with E-state index >= 15 is 0 Å². The van der Waals surface area contributed by atoms with Gasteiger partial charge in [0.2, 0.25) is 0 Å². The quantitative estimate of drug-likeness (QED) is 0.606. The Kier molecular flexibility index (Phi) is 5.79. The Morgan fingerprint density at radius 2 is 1.95 bits per heavy atom. The maximum atomic E-state index is 6.24. The van der Waals surface area contributed by atoms with Gasteiger partial charge in [-0.25, -0.2) is 0 Å². The van der Waals surface area contributed by atoms with E-state index in [0.717, 1.165) is 29.1 Å². The molecule has 1 aromatic carbocycles. The molecule has 0 spiro atoms. The first-order valence-corrected chi connectivity index (χ1v) is 7.81. The van der Waals surface area contributed by atoms with E-state index in [-0.39, 0.29) is 6.04 Å². The summed E-state index contributed by atoms with van der Waals surface area (Å²) in [7, 11) is 0. The standard InChI is InChI=1S/C16H23ClN4/c1-3-13(4-2)21-10-9-12(20-21)11-16(19-18)14-7-5-6-8-15(14)17/h5-10,13,16,19H,3-4,11,18H2,1-2H3. The smallest absolute Gasteiger partial charge is 0.0644 e. The number of nitrogens with one attached hydrogen (secondary N) is 1. The first-order chi connectivity index (χ1) is 10.2. The van der Waals surface area contributed by atoms with Crippen LogP contribution in [0, 0.1) is 0 Å². The van der Waals surface area contributed by atoms with E-state index < -0.39 is 0 Å². The molecular weight excluding hydrogens is 284 g/mol. The molecule has 4 nitrogen and oxygen atoms in total. The number of hydrogen-bond acceptors (Lipinski definition) is 3. The lowest BCUT2D eigenvalue weighted by molar-refractivity contribution is 0.422. The topological polar surface area (TPSA) is 55.9 Å². The van der Waals surface area contributed by atoms with Crippen LogP contribution in [0.1, 0.15) is 50.0 Å². The van der Waals surface area contributed by atoms with Crippen LogP contribution in [0.25, 0.3) is 0 Å². The van der Waals surface area contributed by atoms with Gasteiger partial charge in [-0.15, -0.1) is 0 Å². The predicted molar refractivity (Wildman–Crippen MR) is 87.1 cm³/mol. The van der Waals surface area contributed by atoms with Crippen molar-refractivity contribution >= 4 is 11.6 Å². The van der Waals surface area contributed by atoms with Crippen molar-refractivity contribution in [2.24, 2.45) is 5.84 Å². The van der Waals surface area contributed by atoms with Crippen LogP contribution < -0.4 is 11.3 Å². The number of halogens is 1. The number of rotatable bonds is 7. The third-order valence-electron chi connectivity index (χ3n) is 3.88. The second-order valence-electron chi connectivity index (χ2n) is 5.20. The molecule has 5 heteroatoms. The number of hydrogen-bond donors (Lipinski definition) is 2. The van der Waals surface area contributed by atoms with Crippen LogP contribution in [0.2, 0.25) is 5.02 Å². The van der Waals surface area contributed by atoms with Crippen LogP contribution in [0.3, 0.4) is 0 Å². The molecule has 1 heterocycles. The summed E-state index contributed by atoms with van der Waals surface area (Å²) < 4.78 is 2.05. The highest BCUT2D eigenvalue weighted by Crippen LogP contribution is 2.25. The van der Waals surface area contributed by atoms with Gasteiger partial charge in [0, 0.05) is 17.6 Å². The van der Waals surface area contributed by atoms with E-state index in [2.05, 4.69) is 35.1 Å². The van der Waals surface area contributed by atoms with Crippen molar-refractivity contribution in [1.82, 2.24) is 15.2 Å². The Hall–Kier alpha value is -1.36. The summed E-state index contributed by atoms with van der Waals surface area (Å²) in [6, 6.07) is 10.2. The second-order valence-corrected chi connectivity index (χ2v) is 5.61. The molecule has 0 amide bonds. The highest BCUT2D eigenvalue weighted by Gasteiger charge is 2.16. The van der Waals surface area contributed by atoms with Gasteiger partial charge >= 0.3 is 0 Å². The number of nitrogens with two attached hydrogens (primary N) is 1. The van der Waals surface area contributed by atoms with Crippen LogP contribution in [-0.4, -0.2) is 9.78 Å². The summed E-state index contributed by atoms with van der Waals surface area (Å²) in [5, 5.41) is 5.40. The molecule has 0 aliphatic carbocycles. The minimum Gasteiger partial charge on any atom is -0.271 e. The third-order valence-corrected chi connectivity index (χ3v) is 4.22. The van der Waals surface area contributed by atoms with Gasteiger partial charge in [-0.3, -0.25) is 16.0 Å². The fraction of sp³-hybridized carbons (Fsp3) is 0.438. The molecule has 0 saturated heterocycles. The maximum absolute atomic E-state index is 6.24. The van der Waals surface area contributed by atoms with Gasteiger partial charge in [-0.1, -0.05) is 43.6 Å². The van der Waals surface area contributed by atoms with Crippen molar-refractivity contribution in [1.29, 1.82) is 0 Å². The van der Waals surface area contributed by atoms with E-state index in [4.69, 9.17) is 17.4 Å². The lowest BCUT2D eigenvalue weighted by atomic mass is 10.0. The molecule has 21 heavy (non-hydrogen) atoms. The van der Waals surface area contributed by atoms with Gasteiger partial charge in [-0.05, 0) is 30.5 Å². The van der Waals surface area contributed by atoms with Gasteiger partial charge < -0.3 is 0 Å². The molecule has 2 rings (SSSR count). The third kappa shape index (κ3) is 3.84. The van der Waals surface area contributed by atoms with Gasteiger partial charge in [0.25, 0.3) is 0 Å². The predicted octanol–water partition coefficient (Wildman–Crippen LogP) is 3.64. The Labute approximate surface area is 131 Å². The lowest BCUT2D eigenvalue weighted by Crippen LogP contribution is -2.30. The lowest BCUT2D eigenvalue weighted by Gasteiger charge is -2.17. The van der Waals surface area contributed by atoms with Gasteiger partial charge in [-0.2, -0.15) is 5.10 Å². The minimum atomic E-state index is -0.0382. The molecule has 0 radical (unpaired) electrons. The fourth-order valence-electron chi connectivity index (χ4n) is 2.58. The van der Waals surface area contributed by atoms with Crippen LogP contribution in [-0.2, 0) is 6.42 Å². The SMILES string of the molecule is CCC(CC)n1ccc(CC(NN)c2ccccc2Cl)n1. The first kappa shape index (κ1) is 16.0. The molecule has 1 aromatic heterocycles. The van der Waals surface area contributed by atoms with Crippen molar-refractivity contribution in [3.63, 3.8) is 0 Å². The molecule has 3 N–H and O–H groups in total. The van der Waals surface area contributed by atoms with Crippen LogP contribution in [0.4, 0.5) is 0 Å². The zero-order valence-electron chi connectivity index (χ0n) is 12.6. The number of hydrazine groups is 1. The van der Waals surface area contributed by atoms with Crippen molar-refractivity contribution in [2.45, 2.75) is 45.2 Å². The summed E-state index contributed by atoms with van der Waals surface area (Å²) in [4.78, 5) is 0. The summed E-state index contributed by atoms with van der Waals surface area (Å²) >= 11 is 6.24. The Bertz CT molecular complexity index is 563. The van der Waals surface area contributed by atoms with E-state index in [9.17, 15) is 0 Å². The second kappa shape index (κ2) is 7.59. The fourth-order valence-corrected chi connectivity index (χ4v) is 2.85. The van der Waals surface area contributed by atoms with Crippen LogP contribution in [0.5, 0.6) is 0 Å². The molecule has 1 unspecified atom stereocenters. The largest absolute Gasteiger partial charge is 0.271 e. The van der Waals surface area contributed by atoms with Crippen molar-refractivity contribution in [3.8, 4) is 0 Å². The average Bonchev–Trinajstić information content (AvgIpc) is 2.95. The highest BCUT2D eigenvalue weighted by molar-refractivity contribution is 6.31. The van der Waals surface area contributed by atoms with Crippen molar-refractivity contribution < 1.29 is 0 Å². The molecule has 1 atom stereocenters. The first-order valence-electron chi connectivity index (χ1n) is 7.44. The number of benzene rings is 1. The molecule has 0 bridgehead atoms. The van der Waals surface area contributed by atoms with Crippen LogP contribution in [0.15, 0.2) is 36.5 Å². The minimum absolute atomic E-state index is 0.0382. The molecule has 2 aromatic rings. The van der Waals surface area contributed by atoms with Crippen molar-refractivity contribution in [3.05, 3.63) is 52.8 Å². The Morgan fingerprint density at radius 3 is 2.57 bits per heavy atom. The molecule has 114 valence electrons. The van der Waals surface area contributed by atoms with Crippen LogP contribution >= 0.6 is 11.6 Å². The number of aromatic nitrogens is 2. The van der Waals surface area contributed by atoms with Gasteiger partial charge in [0.05, 0.1) is 17.8 Å². The monoisotopic (exact) mass is 306 g/mol. The molecule has 0 aliphatic rings. The average molecular weight is 307 g/mol. The van der Waals surface area contributed by atoms with Crippen molar-refractivity contribution in [2.75, 3.05) is 0 Å². The van der Waals surface area contributed by atoms with E-state index in [1.165, 1.54) is 0 Å². The summed E-state index contributed by atoms with van der Waals surface area (Å²) in [5.41, 5.74) is 4.86.